The van der Waals surface area contributed by atoms with E-state index in [4.69, 9.17) is 0 Å². The molecule has 0 spiro atoms. The maximum Gasteiger partial charge on any atom is 0.240 e. The fourth-order valence-corrected chi connectivity index (χ4v) is 4.24. The molecule has 0 aliphatic heterocycles. The van der Waals surface area contributed by atoms with Crippen molar-refractivity contribution in [3.05, 3.63) is 89.5 Å². The van der Waals surface area contributed by atoms with E-state index in [2.05, 4.69) is 33.9 Å². The largest absolute Gasteiger partial charge is 0.305 e. The Morgan fingerprint density at radius 3 is 2.13 bits per heavy atom. The molecule has 0 saturated heterocycles. The minimum absolute atomic E-state index is 0.0996. The van der Waals surface area contributed by atoms with Crippen LogP contribution in [0.4, 0.5) is 0 Å². The summed E-state index contributed by atoms with van der Waals surface area (Å²) >= 11 is 0. The first-order chi connectivity index (χ1) is 14.3. The summed E-state index contributed by atoms with van der Waals surface area (Å²) < 4.78 is 28.0. The zero-order chi connectivity index (χ0) is 21.7. The van der Waals surface area contributed by atoms with Crippen LogP contribution in [0.15, 0.2) is 77.7 Å². The number of sulfonamides is 1. The van der Waals surface area contributed by atoms with Crippen LogP contribution in [0.5, 0.6) is 0 Å². The lowest BCUT2D eigenvalue weighted by Gasteiger charge is -2.13. The molecule has 0 fully saturated rings. The molecule has 0 radical (unpaired) electrons. The number of benzene rings is 3. The van der Waals surface area contributed by atoms with Crippen LogP contribution in [0.3, 0.4) is 0 Å². The SMILES string of the molecule is CC(=O)c1ccc(S(=O)(=O)NCc2ccccc2-c2ccc(CN(C)C)cc2)cc1. The molecule has 1 N–H and O–H groups in total. The highest BCUT2D eigenvalue weighted by molar-refractivity contribution is 7.89. The highest BCUT2D eigenvalue weighted by Crippen LogP contribution is 2.25. The topological polar surface area (TPSA) is 66.5 Å². The molecule has 0 bridgehead atoms. The summed E-state index contributed by atoms with van der Waals surface area (Å²) in [6.07, 6.45) is 0. The van der Waals surface area contributed by atoms with Crippen LogP contribution in [-0.4, -0.2) is 33.2 Å². The van der Waals surface area contributed by atoms with Crippen molar-refractivity contribution < 1.29 is 13.2 Å². The molecule has 0 aromatic heterocycles. The number of rotatable bonds is 8. The second-order valence-electron chi connectivity index (χ2n) is 7.50. The number of ketones is 1. The molecule has 5 nitrogen and oxygen atoms in total. The number of nitrogens with zero attached hydrogens (tertiary/aromatic N) is 1. The molecule has 30 heavy (non-hydrogen) atoms. The Balaban J connectivity index is 1.78. The van der Waals surface area contributed by atoms with Gasteiger partial charge in [0.1, 0.15) is 0 Å². The van der Waals surface area contributed by atoms with Crippen molar-refractivity contribution in [2.75, 3.05) is 14.1 Å². The van der Waals surface area contributed by atoms with Gasteiger partial charge in [-0.2, -0.15) is 0 Å². The summed E-state index contributed by atoms with van der Waals surface area (Å²) in [5.41, 5.74) is 4.62. The second-order valence-corrected chi connectivity index (χ2v) is 9.26. The smallest absolute Gasteiger partial charge is 0.240 e. The summed E-state index contributed by atoms with van der Waals surface area (Å²) in [6, 6.07) is 22.0. The molecule has 0 heterocycles. The molecule has 3 rings (SSSR count). The fourth-order valence-electron chi connectivity index (χ4n) is 3.24. The lowest BCUT2D eigenvalue weighted by molar-refractivity contribution is 0.101. The van der Waals surface area contributed by atoms with Gasteiger partial charge in [-0.15, -0.1) is 0 Å². The zero-order valence-electron chi connectivity index (χ0n) is 17.4. The Bertz CT molecular complexity index is 1120. The highest BCUT2D eigenvalue weighted by Gasteiger charge is 2.15. The van der Waals surface area contributed by atoms with E-state index in [1.54, 1.807) is 0 Å². The van der Waals surface area contributed by atoms with E-state index in [1.807, 2.05) is 38.4 Å². The minimum atomic E-state index is -3.69. The van der Waals surface area contributed by atoms with E-state index >= 15 is 0 Å². The summed E-state index contributed by atoms with van der Waals surface area (Å²) in [5.74, 6) is -0.0996. The van der Waals surface area contributed by atoms with Crippen molar-refractivity contribution in [3.63, 3.8) is 0 Å². The number of Topliss-reactive ketones (excluding diaryl/α,β-unsaturated/α-hetero) is 1. The van der Waals surface area contributed by atoms with Crippen molar-refractivity contribution in [2.45, 2.75) is 24.9 Å². The van der Waals surface area contributed by atoms with Crippen molar-refractivity contribution in [1.82, 2.24) is 9.62 Å². The van der Waals surface area contributed by atoms with E-state index in [9.17, 15) is 13.2 Å². The van der Waals surface area contributed by atoms with Gasteiger partial charge in [0, 0.05) is 18.7 Å². The van der Waals surface area contributed by atoms with Gasteiger partial charge >= 0.3 is 0 Å². The van der Waals surface area contributed by atoms with E-state index in [-0.39, 0.29) is 17.2 Å². The molecule has 0 aliphatic rings. The molecular weight excluding hydrogens is 396 g/mol. The predicted molar refractivity (Wildman–Crippen MR) is 120 cm³/mol. The lowest BCUT2D eigenvalue weighted by Crippen LogP contribution is -2.23. The Labute approximate surface area is 178 Å². The lowest BCUT2D eigenvalue weighted by atomic mass is 9.99. The molecule has 6 heteroatoms. The molecule has 0 saturated carbocycles. The molecule has 3 aromatic rings. The van der Waals surface area contributed by atoms with Crippen LogP contribution in [0.2, 0.25) is 0 Å². The molecule has 3 aromatic carbocycles. The van der Waals surface area contributed by atoms with E-state index < -0.39 is 10.0 Å². The van der Waals surface area contributed by atoms with Crippen LogP contribution >= 0.6 is 0 Å². The number of carbonyl (C=O) groups is 1. The monoisotopic (exact) mass is 422 g/mol. The second kappa shape index (κ2) is 9.34. The number of hydrogen-bond acceptors (Lipinski definition) is 4. The molecule has 0 amide bonds. The van der Waals surface area contributed by atoms with Gasteiger partial charge in [0.25, 0.3) is 0 Å². The normalized spacial score (nSPS) is 11.6. The fraction of sp³-hybridized carbons (Fsp3) is 0.208. The minimum Gasteiger partial charge on any atom is -0.305 e. The highest BCUT2D eigenvalue weighted by atomic mass is 32.2. The third-order valence-corrected chi connectivity index (χ3v) is 6.22. The average molecular weight is 423 g/mol. The van der Waals surface area contributed by atoms with Gasteiger partial charge in [0.2, 0.25) is 10.0 Å². The van der Waals surface area contributed by atoms with E-state index in [0.29, 0.717) is 5.56 Å². The Kier molecular flexibility index (Phi) is 6.82. The molecule has 156 valence electrons. The first-order valence-electron chi connectivity index (χ1n) is 9.69. The molecule has 0 aliphatic carbocycles. The van der Waals surface area contributed by atoms with E-state index in [1.165, 1.54) is 36.8 Å². The Morgan fingerprint density at radius 1 is 0.900 bits per heavy atom. The van der Waals surface area contributed by atoms with Crippen LogP contribution in [0.25, 0.3) is 11.1 Å². The van der Waals surface area contributed by atoms with E-state index in [0.717, 1.165) is 23.2 Å². The number of hydrogen-bond donors (Lipinski definition) is 1. The van der Waals surface area contributed by atoms with Crippen molar-refractivity contribution in [1.29, 1.82) is 0 Å². The van der Waals surface area contributed by atoms with Gasteiger partial charge in [-0.25, -0.2) is 13.1 Å². The maximum atomic E-state index is 12.7. The third kappa shape index (κ3) is 5.42. The van der Waals surface area contributed by atoms with Crippen LogP contribution in [-0.2, 0) is 23.1 Å². The number of nitrogens with one attached hydrogen (secondary N) is 1. The molecule has 0 atom stereocenters. The van der Waals surface area contributed by atoms with Crippen molar-refractivity contribution in [3.8, 4) is 11.1 Å². The molecule has 0 unspecified atom stereocenters. The van der Waals surface area contributed by atoms with Gasteiger partial charge in [0.15, 0.2) is 5.78 Å². The van der Waals surface area contributed by atoms with Gasteiger partial charge in [-0.3, -0.25) is 4.79 Å². The number of carbonyl (C=O) groups excluding carboxylic acids is 1. The first kappa shape index (κ1) is 21.9. The Morgan fingerprint density at radius 2 is 1.53 bits per heavy atom. The third-order valence-electron chi connectivity index (χ3n) is 4.80. The zero-order valence-corrected chi connectivity index (χ0v) is 18.2. The standard InChI is InChI=1S/C24H26N2O3S/c1-18(27)20-12-14-23(15-13-20)30(28,29)25-16-22-6-4-5-7-24(22)21-10-8-19(9-11-21)17-26(2)3/h4-15,25H,16-17H2,1-3H3. The predicted octanol–water partition coefficient (Wildman–Crippen LogP) is 4.10. The first-order valence-corrected chi connectivity index (χ1v) is 11.2. The van der Waals surface area contributed by atoms with Crippen LogP contribution in [0, 0.1) is 0 Å². The summed E-state index contributed by atoms with van der Waals surface area (Å²) in [6.45, 7) is 2.49. The summed E-state index contributed by atoms with van der Waals surface area (Å²) in [7, 11) is 0.375. The quantitative estimate of drug-likeness (QED) is 0.555. The van der Waals surface area contributed by atoms with Crippen LogP contribution < -0.4 is 4.72 Å². The van der Waals surface area contributed by atoms with Crippen molar-refractivity contribution >= 4 is 15.8 Å². The van der Waals surface area contributed by atoms with Crippen molar-refractivity contribution in [2.24, 2.45) is 0 Å². The van der Waals surface area contributed by atoms with Gasteiger partial charge in [-0.1, -0.05) is 60.7 Å². The average Bonchev–Trinajstić information content (AvgIpc) is 2.73. The van der Waals surface area contributed by atoms with Gasteiger partial charge in [-0.05, 0) is 55.4 Å². The Hall–Kier alpha value is -2.80. The molecular formula is C24H26N2O3S. The van der Waals surface area contributed by atoms with Gasteiger partial charge < -0.3 is 4.90 Å². The maximum absolute atomic E-state index is 12.7. The summed E-state index contributed by atoms with van der Waals surface area (Å²) in [4.78, 5) is 13.6. The summed E-state index contributed by atoms with van der Waals surface area (Å²) in [5, 5.41) is 0. The van der Waals surface area contributed by atoms with Gasteiger partial charge in [0.05, 0.1) is 4.90 Å². The van der Waals surface area contributed by atoms with Crippen LogP contribution in [0.1, 0.15) is 28.4 Å².